The number of hydrogen-bond acceptors (Lipinski definition) is 2. The summed E-state index contributed by atoms with van der Waals surface area (Å²) in [6.07, 6.45) is 4.84. The molecule has 0 aromatic heterocycles. The first kappa shape index (κ1) is 11.7. The highest BCUT2D eigenvalue weighted by Crippen LogP contribution is 2.12. The fourth-order valence-electron chi connectivity index (χ4n) is 0.756. The summed E-state index contributed by atoms with van der Waals surface area (Å²) >= 11 is 3.04. The molecule has 2 nitrogen and oxygen atoms in total. The van der Waals surface area contributed by atoms with Crippen LogP contribution in [0.4, 0.5) is 0 Å². The first-order chi connectivity index (χ1) is 5.52. The van der Waals surface area contributed by atoms with Crippen LogP contribution in [0.2, 0.25) is 0 Å². The van der Waals surface area contributed by atoms with E-state index in [9.17, 15) is 4.79 Å². The van der Waals surface area contributed by atoms with E-state index in [1.54, 1.807) is 0 Å². The van der Waals surface area contributed by atoms with Gasteiger partial charge in [-0.3, -0.25) is 4.79 Å². The topological polar surface area (TPSA) is 26.3 Å². The Morgan fingerprint density at radius 2 is 2.17 bits per heavy atom. The SMILES string of the molecule is CC/C=C/C(C)(C)OC(=O)CBr. The number of halogens is 1. The summed E-state index contributed by atoms with van der Waals surface area (Å²) in [5, 5.41) is 0.246. The van der Waals surface area contributed by atoms with E-state index in [-0.39, 0.29) is 11.3 Å². The van der Waals surface area contributed by atoms with Crippen LogP contribution in [-0.4, -0.2) is 16.9 Å². The van der Waals surface area contributed by atoms with Gasteiger partial charge in [0.2, 0.25) is 0 Å². The molecule has 0 fully saturated rings. The van der Waals surface area contributed by atoms with Crippen molar-refractivity contribution in [3.05, 3.63) is 12.2 Å². The molecule has 0 heterocycles. The highest BCUT2D eigenvalue weighted by atomic mass is 79.9. The summed E-state index contributed by atoms with van der Waals surface area (Å²) in [7, 11) is 0. The Morgan fingerprint density at radius 3 is 2.58 bits per heavy atom. The quantitative estimate of drug-likeness (QED) is 0.425. The minimum Gasteiger partial charge on any atom is -0.455 e. The van der Waals surface area contributed by atoms with Crippen LogP contribution >= 0.6 is 15.9 Å². The van der Waals surface area contributed by atoms with Crippen molar-refractivity contribution in [2.24, 2.45) is 0 Å². The highest BCUT2D eigenvalue weighted by Gasteiger charge is 2.17. The Bertz CT molecular complexity index is 173. The number of ether oxygens (including phenoxy) is 1. The second-order valence-electron chi connectivity index (χ2n) is 3.02. The van der Waals surface area contributed by atoms with Gasteiger partial charge in [0.05, 0.1) is 0 Å². The lowest BCUT2D eigenvalue weighted by molar-refractivity contribution is -0.148. The van der Waals surface area contributed by atoms with Crippen LogP contribution in [-0.2, 0) is 9.53 Å². The molecule has 0 aliphatic carbocycles. The highest BCUT2D eigenvalue weighted by molar-refractivity contribution is 9.09. The zero-order valence-corrected chi connectivity index (χ0v) is 9.35. The molecule has 0 radical (unpaired) electrons. The van der Waals surface area contributed by atoms with Crippen molar-refractivity contribution in [2.75, 3.05) is 5.33 Å². The Hall–Kier alpha value is -0.310. The van der Waals surface area contributed by atoms with Crippen molar-refractivity contribution in [2.45, 2.75) is 32.8 Å². The number of alkyl halides is 1. The molecular formula is C9H15BrO2. The van der Waals surface area contributed by atoms with Crippen LogP contribution in [0.15, 0.2) is 12.2 Å². The van der Waals surface area contributed by atoms with Crippen LogP contribution < -0.4 is 0 Å². The summed E-state index contributed by atoms with van der Waals surface area (Å²) in [5.74, 6) is -0.235. The summed E-state index contributed by atoms with van der Waals surface area (Å²) in [5.41, 5.74) is -0.485. The van der Waals surface area contributed by atoms with Crippen molar-refractivity contribution in [3.8, 4) is 0 Å². The minimum atomic E-state index is -0.485. The second kappa shape index (κ2) is 5.36. The number of carbonyl (C=O) groups excluding carboxylic acids is 1. The van der Waals surface area contributed by atoms with Gasteiger partial charge in [-0.1, -0.05) is 28.9 Å². The molecule has 0 unspecified atom stereocenters. The monoisotopic (exact) mass is 234 g/mol. The minimum absolute atomic E-state index is 0.235. The number of allylic oxidation sites excluding steroid dienone is 1. The molecule has 0 saturated carbocycles. The zero-order chi connectivity index (χ0) is 9.61. The molecule has 0 N–H and O–H groups in total. The average molecular weight is 235 g/mol. The third-order valence-corrected chi connectivity index (χ3v) is 1.70. The zero-order valence-electron chi connectivity index (χ0n) is 7.76. The van der Waals surface area contributed by atoms with Gasteiger partial charge < -0.3 is 4.74 Å². The van der Waals surface area contributed by atoms with Gasteiger partial charge in [0.25, 0.3) is 0 Å². The molecule has 0 spiro atoms. The third-order valence-electron chi connectivity index (χ3n) is 1.24. The van der Waals surface area contributed by atoms with Gasteiger partial charge in [-0.2, -0.15) is 0 Å². The molecule has 0 saturated heterocycles. The van der Waals surface area contributed by atoms with Gasteiger partial charge in [-0.15, -0.1) is 0 Å². The molecule has 0 aromatic carbocycles. The molecule has 3 heteroatoms. The summed E-state index contributed by atoms with van der Waals surface area (Å²) in [6.45, 7) is 5.76. The predicted molar refractivity (Wildman–Crippen MR) is 53.4 cm³/mol. The van der Waals surface area contributed by atoms with Crippen molar-refractivity contribution in [1.29, 1.82) is 0 Å². The van der Waals surface area contributed by atoms with Crippen LogP contribution in [0, 0.1) is 0 Å². The molecule has 70 valence electrons. The van der Waals surface area contributed by atoms with Crippen LogP contribution in [0.3, 0.4) is 0 Å². The normalized spacial score (nSPS) is 12.0. The number of rotatable bonds is 4. The van der Waals surface area contributed by atoms with Crippen molar-refractivity contribution in [3.63, 3.8) is 0 Å². The standard InChI is InChI=1S/C9H15BrO2/c1-4-5-6-9(2,3)12-8(11)7-10/h5-6H,4,7H2,1-3H3/b6-5+. The maximum atomic E-state index is 10.9. The lowest BCUT2D eigenvalue weighted by Crippen LogP contribution is -2.26. The summed E-state index contributed by atoms with van der Waals surface area (Å²) in [4.78, 5) is 10.9. The van der Waals surface area contributed by atoms with Crippen LogP contribution in [0.1, 0.15) is 27.2 Å². The molecule has 0 rings (SSSR count). The van der Waals surface area contributed by atoms with E-state index >= 15 is 0 Å². The smallest absolute Gasteiger partial charge is 0.317 e. The van der Waals surface area contributed by atoms with E-state index in [0.29, 0.717) is 0 Å². The predicted octanol–water partition coefficient (Wildman–Crippen LogP) is 2.67. The van der Waals surface area contributed by atoms with Gasteiger partial charge in [0.15, 0.2) is 0 Å². The first-order valence-corrected chi connectivity index (χ1v) is 5.09. The Labute approximate surface area is 82.1 Å². The Morgan fingerprint density at radius 1 is 1.58 bits per heavy atom. The largest absolute Gasteiger partial charge is 0.455 e. The maximum absolute atomic E-state index is 10.9. The maximum Gasteiger partial charge on any atom is 0.317 e. The molecule has 12 heavy (non-hydrogen) atoms. The lowest BCUT2D eigenvalue weighted by atomic mass is 10.1. The van der Waals surface area contributed by atoms with Gasteiger partial charge in [0, 0.05) is 0 Å². The molecule has 0 amide bonds. The summed E-state index contributed by atoms with van der Waals surface area (Å²) < 4.78 is 5.12. The number of carbonyl (C=O) groups is 1. The molecular weight excluding hydrogens is 220 g/mol. The molecule has 0 atom stereocenters. The van der Waals surface area contributed by atoms with Crippen molar-refractivity contribution < 1.29 is 9.53 Å². The van der Waals surface area contributed by atoms with E-state index in [2.05, 4.69) is 15.9 Å². The van der Waals surface area contributed by atoms with E-state index < -0.39 is 5.60 Å². The van der Waals surface area contributed by atoms with Crippen LogP contribution in [0.5, 0.6) is 0 Å². The fourth-order valence-corrected chi connectivity index (χ4v) is 0.871. The summed E-state index contributed by atoms with van der Waals surface area (Å²) in [6, 6.07) is 0. The number of hydrogen-bond donors (Lipinski definition) is 0. The van der Waals surface area contributed by atoms with E-state index in [4.69, 9.17) is 4.74 Å². The fraction of sp³-hybridized carbons (Fsp3) is 0.667. The van der Waals surface area contributed by atoms with Gasteiger partial charge in [-0.05, 0) is 26.3 Å². The van der Waals surface area contributed by atoms with Gasteiger partial charge in [0.1, 0.15) is 10.9 Å². The van der Waals surface area contributed by atoms with Crippen molar-refractivity contribution >= 4 is 21.9 Å². The molecule has 0 aliphatic heterocycles. The molecule has 0 bridgehead atoms. The number of esters is 1. The Kier molecular flexibility index (Phi) is 5.22. The third kappa shape index (κ3) is 5.35. The Balaban J connectivity index is 4.03. The molecule has 0 aromatic rings. The van der Waals surface area contributed by atoms with Gasteiger partial charge in [-0.25, -0.2) is 0 Å². The van der Waals surface area contributed by atoms with Crippen molar-refractivity contribution in [1.82, 2.24) is 0 Å². The van der Waals surface area contributed by atoms with E-state index in [1.807, 2.05) is 32.9 Å². The second-order valence-corrected chi connectivity index (χ2v) is 3.58. The first-order valence-electron chi connectivity index (χ1n) is 3.97. The lowest BCUT2D eigenvalue weighted by Gasteiger charge is -2.20. The van der Waals surface area contributed by atoms with Gasteiger partial charge >= 0.3 is 5.97 Å². The van der Waals surface area contributed by atoms with E-state index in [1.165, 1.54) is 0 Å². The van der Waals surface area contributed by atoms with Crippen LogP contribution in [0.25, 0.3) is 0 Å². The molecule has 0 aliphatic rings. The average Bonchev–Trinajstić information content (AvgIpc) is 2.00. The van der Waals surface area contributed by atoms with E-state index in [0.717, 1.165) is 6.42 Å².